The van der Waals surface area contributed by atoms with Gasteiger partial charge in [0.1, 0.15) is 5.78 Å². The number of H-pyrrole nitrogens is 1. The summed E-state index contributed by atoms with van der Waals surface area (Å²) in [6.07, 6.45) is 11.2. The lowest BCUT2D eigenvalue weighted by atomic mass is 9.43. The first-order valence-electron chi connectivity index (χ1n) is 16.2. The Bertz CT molecular complexity index is 1270. The Kier molecular flexibility index (Phi) is 7.91. The van der Waals surface area contributed by atoms with Crippen LogP contribution >= 0.6 is 0 Å². The average molecular weight is 561 g/mol. The van der Waals surface area contributed by atoms with Crippen LogP contribution in [0, 0.1) is 35.0 Å². The van der Waals surface area contributed by atoms with E-state index < -0.39 is 13.0 Å². The third-order valence-corrected chi connectivity index (χ3v) is 11.3. The standard InChI is InChI=1S/C34H49BN2O4/c1-21(2)14-31(35-40-30-19-25-18-29(33(25,3)4)34(30,5)41-35)37-32(39)23(17-26(38)15-22-10-6-7-11-22)16-24-20-36-28-13-9-8-12-27(24)28/h8-9,12-13,20-23,25,29-31,36H,6-7,10-11,14-19H2,1-5H3,(H,37,39)/t23-,25+,29+,30-,31+,34+/m1/s1. The van der Waals surface area contributed by atoms with E-state index in [1.54, 1.807) is 0 Å². The molecule has 2 aromatic rings. The van der Waals surface area contributed by atoms with Gasteiger partial charge in [0.15, 0.2) is 0 Å². The molecule has 7 heteroatoms. The minimum absolute atomic E-state index is 0.0578. The highest BCUT2D eigenvalue weighted by Crippen LogP contribution is 2.65. The zero-order chi connectivity index (χ0) is 28.9. The van der Waals surface area contributed by atoms with Crippen LogP contribution in [0.15, 0.2) is 30.5 Å². The van der Waals surface area contributed by atoms with Gasteiger partial charge in [-0.1, -0.05) is 71.6 Å². The van der Waals surface area contributed by atoms with E-state index >= 15 is 0 Å². The van der Waals surface area contributed by atoms with Gasteiger partial charge in [0.2, 0.25) is 5.91 Å². The van der Waals surface area contributed by atoms with Gasteiger partial charge >= 0.3 is 7.12 Å². The fourth-order valence-electron chi connectivity index (χ4n) is 8.84. The highest BCUT2D eigenvalue weighted by molar-refractivity contribution is 6.47. The number of benzene rings is 1. The SMILES string of the molecule is CC(C)C[C@H](NC(=O)[C@@H](CC(=O)CC1CCCC1)Cc1c[nH]c2ccccc12)B1O[C@@H]2C[C@@H]3C[C@@H](C3(C)C)[C@]2(C)O1. The van der Waals surface area contributed by atoms with Crippen molar-refractivity contribution in [3.8, 4) is 0 Å². The number of para-hydroxylation sites is 1. The maximum absolute atomic E-state index is 14.1. The van der Waals surface area contributed by atoms with Crippen molar-refractivity contribution < 1.29 is 18.9 Å². The molecule has 1 aromatic heterocycles. The number of hydrogen-bond donors (Lipinski definition) is 2. The van der Waals surface area contributed by atoms with Crippen LogP contribution < -0.4 is 5.32 Å². The van der Waals surface area contributed by atoms with Crippen LogP contribution in [0.3, 0.4) is 0 Å². The molecule has 1 aliphatic heterocycles. The Morgan fingerprint density at radius 2 is 1.88 bits per heavy atom. The fourth-order valence-corrected chi connectivity index (χ4v) is 8.84. The number of carbonyl (C=O) groups excluding carboxylic acids is 2. The molecule has 1 amide bonds. The first-order valence-corrected chi connectivity index (χ1v) is 16.2. The number of Topliss-reactive ketones (excluding diaryl/α,β-unsaturated/α-hetero) is 1. The Balaban J connectivity index is 1.20. The van der Waals surface area contributed by atoms with Gasteiger partial charge in [-0.25, -0.2) is 0 Å². The predicted octanol–water partition coefficient (Wildman–Crippen LogP) is 6.66. The second-order valence-corrected chi connectivity index (χ2v) is 14.9. The molecule has 6 atom stereocenters. The molecular formula is C34H49BN2O4. The van der Waals surface area contributed by atoms with Gasteiger partial charge in [-0.15, -0.1) is 0 Å². The lowest BCUT2D eigenvalue weighted by Crippen LogP contribution is -2.65. The molecule has 0 unspecified atom stereocenters. The van der Waals surface area contributed by atoms with Crippen molar-refractivity contribution in [1.29, 1.82) is 0 Å². The molecule has 0 spiro atoms. The second kappa shape index (κ2) is 11.2. The summed E-state index contributed by atoms with van der Waals surface area (Å²) in [5, 5.41) is 4.49. The average Bonchev–Trinajstić information content (AvgIpc) is 3.66. The molecule has 5 fully saturated rings. The van der Waals surface area contributed by atoms with E-state index in [9.17, 15) is 9.59 Å². The number of hydrogen-bond acceptors (Lipinski definition) is 4. The summed E-state index contributed by atoms with van der Waals surface area (Å²) in [5.41, 5.74) is 2.10. The molecule has 0 radical (unpaired) electrons. The number of ketones is 1. The third-order valence-electron chi connectivity index (χ3n) is 11.3. The summed E-state index contributed by atoms with van der Waals surface area (Å²) >= 11 is 0. The Morgan fingerprint density at radius 3 is 2.61 bits per heavy atom. The summed E-state index contributed by atoms with van der Waals surface area (Å²) in [7, 11) is -0.463. The second-order valence-electron chi connectivity index (χ2n) is 14.9. The molecule has 4 saturated carbocycles. The quantitative estimate of drug-likeness (QED) is 0.301. The van der Waals surface area contributed by atoms with Gasteiger partial charge in [0, 0.05) is 35.9 Å². The fraction of sp³-hybridized carbons (Fsp3) is 0.706. The van der Waals surface area contributed by atoms with E-state index in [2.05, 4.69) is 57.1 Å². The number of rotatable bonds is 11. The Morgan fingerprint density at radius 1 is 1.12 bits per heavy atom. The van der Waals surface area contributed by atoms with Gasteiger partial charge in [0.25, 0.3) is 0 Å². The highest BCUT2D eigenvalue weighted by Gasteiger charge is 2.68. The maximum atomic E-state index is 14.1. The van der Waals surface area contributed by atoms with Crippen LogP contribution in [0.25, 0.3) is 10.9 Å². The van der Waals surface area contributed by atoms with E-state index in [1.807, 2.05) is 18.3 Å². The van der Waals surface area contributed by atoms with E-state index in [4.69, 9.17) is 9.31 Å². The van der Waals surface area contributed by atoms with Gasteiger partial charge < -0.3 is 19.6 Å². The lowest BCUT2D eigenvalue weighted by Gasteiger charge is -2.64. The van der Waals surface area contributed by atoms with E-state index in [-0.39, 0.29) is 41.2 Å². The number of aromatic nitrogens is 1. The van der Waals surface area contributed by atoms with Gasteiger partial charge in [-0.2, -0.15) is 0 Å². The topological polar surface area (TPSA) is 80.4 Å². The van der Waals surface area contributed by atoms with Crippen molar-refractivity contribution in [3.05, 3.63) is 36.0 Å². The van der Waals surface area contributed by atoms with E-state index in [0.29, 0.717) is 36.5 Å². The van der Waals surface area contributed by atoms with Crippen LogP contribution in [-0.4, -0.2) is 41.4 Å². The molecule has 41 heavy (non-hydrogen) atoms. The number of nitrogens with one attached hydrogen (secondary N) is 2. The molecule has 2 heterocycles. The Labute approximate surface area is 246 Å². The van der Waals surface area contributed by atoms with Crippen molar-refractivity contribution in [3.63, 3.8) is 0 Å². The zero-order valence-electron chi connectivity index (χ0n) is 25.7. The van der Waals surface area contributed by atoms with Gasteiger partial charge in [-0.05, 0) is 73.3 Å². The minimum atomic E-state index is -0.463. The summed E-state index contributed by atoms with van der Waals surface area (Å²) in [6, 6.07) is 8.18. The molecule has 2 bridgehead atoms. The molecule has 7 rings (SSSR count). The zero-order valence-corrected chi connectivity index (χ0v) is 25.7. The van der Waals surface area contributed by atoms with Crippen molar-refractivity contribution in [1.82, 2.24) is 10.3 Å². The van der Waals surface area contributed by atoms with E-state index in [1.165, 1.54) is 19.3 Å². The molecule has 5 aliphatic rings. The number of carbonyl (C=O) groups is 2. The van der Waals surface area contributed by atoms with Crippen LogP contribution in [0.2, 0.25) is 0 Å². The third kappa shape index (κ3) is 5.53. The van der Waals surface area contributed by atoms with Crippen molar-refractivity contribution in [2.75, 3.05) is 0 Å². The highest BCUT2D eigenvalue weighted by atomic mass is 16.7. The molecule has 4 aliphatic carbocycles. The normalized spacial score (nSPS) is 30.3. The first kappa shape index (κ1) is 29.0. The van der Waals surface area contributed by atoms with Crippen LogP contribution in [0.1, 0.15) is 98.0 Å². The number of aromatic amines is 1. The van der Waals surface area contributed by atoms with Crippen molar-refractivity contribution in [2.24, 2.45) is 35.0 Å². The molecule has 2 N–H and O–H groups in total. The van der Waals surface area contributed by atoms with Crippen LogP contribution in [-0.2, 0) is 25.3 Å². The number of amides is 1. The largest absolute Gasteiger partial charge is 0.481 e. The minimum Gasteiger partial charge on any atom is -0.404 e. The van der Waals surface area contributed by atoms with Crippen molar-refractivity contribution in [2.45, 2.75) is 116 Å². The first-order chi connectivity index (χ1) is 19.5. The van der Waals surface area contributed by atoms with E-state index in [0.717, 1.165) is 42.1 Å². The molecular weight excluding hydrogens is 511 g/mol. The predicted molar refractivity (Wildman–Crippen MR) is 163 cm³/mol. The maximum Gasteiger partial charge on any atom is 0.481 e. The summed E-state index contributed by atoms with van der Waals surface area (Å²) in [5.74, 6) is 1.48. The molecule has 6 nitrogen and oxygen atoms in total. The van der Waals surface area contributed by atoms with Crippen molar-refractivity contribution >= 4 is 29.7 Å². The lowest BCUT2D eigenvalue weighted by molar-refractivity contribution is -0.199. The molecule has 1 saturated heterocycles. The summed E-state index contributed by atoms with van der Waals surface area (Å²) < 4.78 is 13.4. The smallest absolute Gasteiger partial charge is 0.404 e. The monoisotopic (exact) mass is 560 g/mol. The van der Waals surface area contributed by atoms with Crippen LogP contribution in [0.4, 0.5) is 0 Å². The van der Waals surface area contributed by atoms with Gasteiger partial charge in [0.05, 0.1) is 17.6 Å². The van der Waals surface area contributed by atoms with Gasteiger partial charge in [-0.3, -0.25) is 9.59 Å². The number of fused-ring (bicyclic) bond motifs is 1. The van der Waals surface area contributed by atoms with Crippen LogP contribution in [0.5, 0.6) is 0 Å². The summed E-state index contributed by atoms with van der Waals surface area (Å²) in [4.78, 5) is 30.8. The molecule has 1 aromatic carbocycles. The Hall–Kier alpha value is -2.12. The summed E-state index contributed by atoms with van der Waals surface area (Å²) in [6.45, 7) is 11.3. The molecule has 222 valence electrons.